The van der Waals surface area contributed by atoms with Gasteiger partial charge in [0, 0.05) is 16.9 Å². The Morgan fingerprint density at radius 3 is 2.09 bits per heavy atom. The first-order valence-electron chi connectivity index (χ1n) is 7.25. The van der Waals surface area contributed by atoms with Crippen LogP contribution in [-0.4, -0.2) is 17.8 Å². The van der Waals surface area contributed by atoms with Crippen LogP contribution in [0.1, 0.15) is 40.7 Å². The van der Waals surface area contributed by atoms with E-state index in [1.54, 1.807) is 11.8 Å². The second-order valence-corrected chi connectivity index (χ2v) is 6.34. The van der Waals surface area contributed by atoms with Gasteiger partial charge in [-0.2, -0.15) is 0 Å². The summed E-state index contributed by atoms with van der Waals surface area (Å²) in [7, 11) is 0. The van der Waals surface area contributed by atoms with Crippen molar-refractivity contribution in [2.45, 2.75) is 31.1 Å². The molecule has 0 spiro atoms. The maximum Gasteiger partial charge on any atom is 0.170 e. The molecule has 0 amide bonds. The Labute approximate surface area is 135 Å². The Balaban J connectivity index is 2.32. The first kappa shape index (κ1) is 16.5. The minimum atomic E-state index is -0.404. The van der Waals surface area contributed by atoms with Crippen molar-refractivity contribution in [3.8, 4) is 0 Å². The first-order valence-corrected chi connectivity index (χ1v) is 8.48. The molecule has 0 bridgehead atoms. The summed E-state index contributed by atoms with van der Waals surface area (Å²) in [6.45, 7) is 3.54. The summed E-state index contributed by atoms with van der Waals surface area (Å²) in [5, 5.41) is 0. The number of aryl methyl sites for hydroxylation is 1. The topological polar surface area (TPSA) is 34.1 Å². The van der Waals surface area contributed by atoms with E-state index < -0.39 is 5.92 Å². The number of thioether (sulfide) groups is 1. The predicted molar refractivity (Wildman–Crippen MR) is 91.8 cm³/mol. The summed E-state index contributed by atoms with van der Waals surface area (Å²) in [5.74, 6) is -0.371. The van der Waals surface area contributed by atoms with Crippen LogP contribution in [0.25, 0.3) is 0 Å². The largest absolute Gasteiger partial charge is 0.300 e. The average Bonchev–Trinajstić information content (AvgIpc) is 2.53. The molecule has 0 N–H and O–H groups in total. The van der Waals surface area contributed by atoms with E-state index in [1.807, 2.05) is 61.7 Å². The van der Waals surface area contributed by atoms with Gasteiger partial charge in [0.25, 0.3) is 0 Å². The number of carbonyl (C=O) groups excluding carboxylic acids is 2. The fourth-order valence-electron chi connectivity index (χ4n) is 2.40. The van der Waals surface area contributed by atoms with Gasteiger partial charge in [-0.25, -0.2) is 0 Å². The van der Waals surface area contributed by atoms with Gasteiger partial charge in [0.2, 0.25) is 0 Å². The van der Waals surface area contributed by atoms with Crippen LogP contribution in [0.3, 0.4) is 0 Å². The Morgan fingerprint density at radius 2 is 1.59 bits per heavy atom. The molecule has 0 heterocycles. The van der Waals surface area contributed by atoms with Crippen LogP contribution in [0.4, 0.5) is 0 Å². The normalized spacial score (nSPS) is 12.0. The van der Waals surface area contributed by atoms with E-state index in [9.17, 15) is 9.59 Å². The van der Waals surface area contributed by atoms with Crippen molar-refractivity contribution >= 4 is 23.3 Å². The Morgan fingerprint density at radius 1 is 1.00 bits per heavy atom. The molecule has 0 aromatic heterocycles. The summed E-state index contributed by atoms with van der Waals surface area (Å²) in [4.78, 5) is 25.5. The Hall–Kier alpha value is -1.87. The van der Waals surface area contributed by atoms with Crippen molar-refractivity contribution in [2.24, 2.45) is 0 Å². The summed E-state index contributed by atoms with van der Waals surface area (Å²) in [6, 6.07) is 15.4. The Bertz CT molecular complexity index is 657. The van der Waals surface area contributed by atoms with E-state index >= 15 is 0 Å². The molecule has 2 aromatic carbocycles. The number of carbonyl (C=O) groups is 2. The summed E-state index contributed by atoms with van der Waals surface area (Å²) < 4.78 is 0. The molecule has 0 saturated carbocycles. The van der Waals surface area contributed by atoms with Gasteiger partial charge < -0.3 is 0 Å². The highest BCUT2D eigenvalue weighted by atomic mass is 32.2. The molecule has 0 radical (unpaired) electrons. The molecule has 1 atom stereocenters. The van der Waals surface area contributed by atoms with Crippen molar-refractivity contribution in [1.29, 1.82) is 0 Å². The van der Waals surface area contributed by atoms with Gasteiger partial charge >= 0.3 is 0 Å². The lowest BCUT2D eigenvalue weighted by molar-refractivity contribution is -0.117. The third-order valence-corrected chi connectivity index (χ3v) is 4.41. The van der Waals surface area contributed by atoms with Crippen molar-refractivity contribution in [1.82, 2.24) is 0 Å². The molecule has 114 valence electrons. The van der Waals surface area contributed by atoms with Gasteiger partial charge in [0.1, 0.15) is 5.78 Å². The number of hydrogen-bond acceptors (Lipinski definition) is 3. The summed E-state index contributed by atoms with van der Waals surface area (Å²) in [6.07, 6.45) is 2.24. The van der Waals surface area contributed by atoms with Gasteiger partial charge in [0.15, 0.2) is 5.78 Å². The minimum absolute atomic E-state index is 0.00621. The monoisotopic (exact) mass is 312 g/mol. The van der Waals surface area contributed by atoms with Gasteiger partial charge in [-0.05, 0) is 37.8 Å². The average molecular weight is 312 g/mol. The Kier molecular flexibility index (Phi) is 5.56. The number of benzene rings is 2. The van der Waals surface area contributed by atoms with Crippen LogP contribution in [0, 0.1) is 6.92 Å². The molecular formula is C19H20O2S. The number of ketones is 2. The number of Topliss-reactive ketones (excluding diaryl/α,β-unsaturated/α-hetero) is 2. The van der Waals surface area contributed by atoms with Gasteiger partial charge in [-0.15, -0.1) is 11.8 Å². The lowest BCUT2D eigenvalue weighted by Crippen LogP contribution is -2.16. The smallest absolute Gasteiger partial charge is 0.170 e. The van der Waals surface area contributed by atoms with Crippen molar-refractivity contribution < 1.29 is 9.59 Å². The molecule has 0 saturated heterocycles. The first-order chi connectivity index (χ1) is 10.5. The van der Waals surface area contributed by atoms with E-state index in [1.165, 1.54) is 6.92 Å². The minimum Gasteiger partial charge on any atom is -0.300 e. The van der Waals surface area contributed by atoms with Gasteiger partial charge in [0.05, 0.1) is 5.92 Å². The van der Waals surface area contributed by atoms with Crippen molar-refractivity contribution in [2.75, 3.05) is 6.26 Å². The van der Waals surface area contributed by atoms with Crippen LogP contribution in [0.2, 0.25) is 0 Å². The second kappa shape index (κ2) is 7.41. The molecule has 2 rings (SSSR count). The van der Waals surface area contributed by atoms with Crippen LogP contribution in [0.5, 0.6) is 0 Å². The molecule has 2 nitrogen and oxygen atoms in total. The highest BCUT2D eigenvalue weighted by molar-refractivity contribution is 7.98. The standard InChI is InChI=1S/C19H20O2S/c1-13-4-6-15(7-5-13)18(12-14(2)20)19(21)16-8-10-17(22-3)11-9-16/h4-11,18H,12H2,1-3H3. The lowest BCUT2D eigenvalue weighted by atomic mass is 9.86. The van der Waals surface area contributed by atoms with Crippen LogP contribution in [0.15, 0.2) is 53.4 Å². The molecule has 22 heavy (non-hydrogen) atoms. The zero-order chi connectivity index (χ0) is 16.1. The van der Waals surface area contributed by atoms with E-state index in [0.717, 1.165) is 16.0 Å². The van der Waals surface area contributed by atoms with Crippen LogP contribution < -0.4 is 0 Å². The zero-order valence-corrected chi connectivity index (χ0v) is 13.9. The highest BCUT2D eigenvalue weighted by Crippen LogP contribution is 2.26. The molecule has 0 aliphatic rings. The molecule has 0 aliphatic heterocycles. The van der Waals surface area contributed by atoms with E-state index in [-0.39, 0.29) is 18.0 Å². The molecule has 0 aliphatic carbocycles. The van der Waals surface area contributed by atoms with E-state index in [2.05, 4.69) is 0 Å². The SMILES string of the molecule is CSc1ccc(C(=O)C(CC(C)=O)c2ccc(C)cc2)cc1. The number of hydrogen-bond donors (Lipinski definition) is 0. The molecular weight excluding hydrogens is 292 g/mol. The van der Waals surface area contributed by atoms with Crippen LogP contribution in [-0.2, 0) is 4.79 Å². The zero-order valence-electron chi connectivity index (χ0n) is 13.1. The summed E-state index contributed by atoms with van der Waals surface area (Å²) >= 11 is 1.64. The highest BCUT2D eigenvalue weighted by Gasteiger charge is 2.23. The third kappa shape index (κ3) is 4.08. The second-order valence-electron chi connectivity index (χ2n) is 5.46. The van der Waals surface area contributed by atoms with Gasteiger partial charge in [-0.1, -0.05) is 42.0 Å². The van der Waals surface area contributed by atoms with Crippen molar-refractivity contribution in [3.05, 3.63) is 65.2 Å². The molecule has 1 unspecified atom stereocenters. The molecule has 2 aromatic rings. The van der Waals surface area contributed by atoms with Crippen molar-refractivity contribution in [3.63, 3.8) is 0 Å². The third-order valence-electron chi connectivity index (χ3n) is 3.66. The van der Waals surface area contributed by atoms with E-state index in [0.29, 0.717) is 5.56 Å². The fraction of sp³-hybridized carbons (Fsp3) is 0.263. The van der Waals surface area contributed by atoms with E-state index in [4.69, 9.17) is 0 Å². The molecule has 3 heteroatoms. The van der Waals surface area contributed by atoms with Gasteiger partial charge in [-0.3, -0.25) is 9.59 Å². The maximum atomic E-state index is 12.8. The fourth-order valence-corrected chi connectivity index (χ4v) is 2.81. The predicted octanol–water partition coefficient (Wildman–Crippen LogP) is 4.66. The quantitative estimate of drug-likeness (QED) is 0.574. The van der Waals surface area contributed by atoms with Crippen LogP contribution >= 0.6 is 11.8 Å². The molecule has 0 fully saturated rings. The maximum absolute atomic E-state index is 12.8. The number of rotatable bonds is 6. The lowest BCUT2D eigenvalue weighted by Gasteiger charge is -2.15. The summed E-state index contributed by atoms with van der Waals surface area (Å²) in [5.41, 5.74) is 2.70.